The number of carbonyl (C=O) groups excluding carboxylic acids is 2. The van der Waals surface area contributed by atoms with Crippen LogP contribution in [0.2, 0.25) is 19.6 Å². The molecule has 1 aliphatic rings. The maximum atomic E-state index is 13.2. The molecule has 0 aliphatic carbocycles. The Hall–Kier alpha value is -4.64. The van der Waals surface area contributed by atoms with Gasteiger partial charge in [0.25, 0.3) is 0 Å². The number of rotatable bonds is 6. The van der Waals surface area contributed by atoms with Gasteiger partial charge in [-0.3, -0.25) is 0 Å². The molecule has 0 bridgehead atoms. The SMILES string of the molecule is Cc1ccc(C(=O)OC[C@H]2O[C@H](n3c4ccccc4c4cc(C#C[Si](C)(C)C)ccc43)C[C@@H]2OC(=O)c2ccc(C)cc2)cc1. The van der Waals surface area contributed by atoms with Crippen molar-refractivity contribution in [1.82, 2.24) is 4.57 Å². The lowest BCUT2D eigenvalue weighted by atomic mass is 10.1. The van der Waals surface area contributed by atoms with Gasteiger partial charge in [0.05, 0.1) is 22.2 Å². The number of aromatic nitrogens is 1. The second kappa shape index (κ2) is 12.4. The summed E-state index contributed by atoms with van der Waals surface area (Å²) in [5, 5.41) is 2.18. The molecular formula is C38H37NO5Si. The maximum absolute atomic E-state index is 13.2. The van der Waals surface area contributed by atoms with Crippen LogP contribution in [-0.2, 0) is 14.2 Å². The summed E-state index contributed by atoms with van der Waals surface area (Å²) in [6.07, 6.45) is -1.34. The van der Waals surface area contributed by atoms with E-state index in [2.05, 4.69) is 66.0 Å². The molecule has 0 radical (unpaired) electrons. The fraction of sp³-hybridized carbons (Fsp3) is 0.263. The van der Waals surface area contributed by atoms with E-state index in [-0.39, 0.29) is 6.61 Å². The molecule has 1 aliphatic heterocycles. The number of nitrogens with zero attached hydrogens (tertiary/aromatic N) is 1. The Morgan fingerprint density at radius 2 is 1.44 bits per heavy atom. The molecule has 5 aromatic rings. The standard InChI is InChI=1S/C38H37NO5Si/c1-25-10-15-28(16-11-25)37(40)42-24-35-34(44-38(41)29-17-12-26(2)13-18-29)23-36(43-35)39-32-9-7-6-8-30(32)31-22-27(14-19-33(31)39)20-21-45(3,4)5/h6-19,22,34-36H,23-24H2,1-5H3/t34-,35+,36-/m0/s1. The number of para-hydroxylation sites is 1. The largest absolute Gasteiger partial charge is 0.459 e. The van der Waals surface area contributed by atoms with Crippen LogP contribution in [0.3, 0.4) is 0 Å². The van der Waals surface area contributed by atoms with Gasteiger partial charge < -0.3 is 18.8 Å². The minimum Gasteiger partial charge on any atom is -0.459 e. The molecule has 2 heterocycles. The lowest BCUT2D eigenvalue weighted by Crippen LogP contribution is -2.32. The smallest absolute Gasteiger partial charge is 0.338 e. The average Bonchev–Trinajstić information content (AvgIpc) is 3.56. The van der Waals surface area contributed by atoms with Crippen molar-refractivity contribution in [1.29, 1.82) is 0 Å². The van der Waals surface area contributed by atoms with Crippen molar-refractivity contribution in [2.75, 3.05) is 6.61 Å². The Kier molecular flexibility index (Phi) is 8.37. The number of carbonyl (C=O) groups is 2. The minimum atomic E-state index is -1.54. The van der Waals surface area contributed by atoms with Crippen LogP contribution in [0.15, 0.2) is 91.0 Å². The van der Waals surface area contributed by atoms with Crippen LogP contribution in [-0.4, -0.2) is 43.4 Å². The fourth-order valence-electron chi connectivity index (χ4n) is 5.61. The second-order valence-electron chi connectivity index (χ2n) is 12.8. The van der Waals surface area contributed by atoms with E-state index in [1.807, 2.05) is 50.2 Å². The number of esters is 2. The molecule has 1 saturated heterocycles. The molecular weight excluding hydrogens is 579 g/mol. The zero-order valence-electron chi connectivity index (χ0n) is 26.3. The Morgan fingerprint density at radius 3 is 2.11 bits per heavy atom. The molecule has 45 heavy (non-hydrogen) atoms. The first-order valence-electron chi connectivity index (χ1n) is 15.3. The van der Waals surface area contributed by atoms with Crippen molar-refractivity contribution in [2.24, 2.45) is 0 Å². The molecule has 6 nitrogen and oxygen atoms in total. The minimum absolute atomic E-state index is 0.0530. The van der Waals surface area contributed by atoms with Gasteiger partial charge in [-0.15, -0.1) is 5.54 Å². The summed E-state index contributed by atoms with van der Waals surface area (Å²) in [5.41, 5.74) is 9.48. The van der Waals surface area contributed by atoms with Crippen LogP contribution in [0.25, 0.3) is 21.8 Å². The third-order valence-corrected chi connectivity index (χ3v) is 8.85. The van der Waals surface area contributed by atoms with Crippen molar-refractivity contribution in [2.45, 2.75) is 58.3 Å². The first-order valence-corrected chi connectivity index (χ1v) is 18.8. The van der Waals surface area contributed by atoms with Crippen molar-refractivity contribution >= 4 is 41.8 Å². The average molecular weight is 616 g/mol. The Labute approximate surface area is 264 Å². The van der Waals surface area contributed by atoms with Crippen molar-refractivity contribution in [3.05, 3.63) is 119 Å². The number of hydrogen-bond donors (Lipinski definition) is 0. The zero-order chi connectivity index (χ0) is 31.7. The van der Waals surface area contributed by atoms with Crippen molar-refractivity contribution < 1.29 is 23.8 Å². The molecule has 0 N–H and O–H groups in total. The highest BCUT2D eigenvalue weighted by molar-refractivity contribution is 6.83. The van der Waals surface area contributed by atoms with Gasteiger partial charge in [0.1, 0.15) is 33.1 Å². The quantitative estimate of drug-likeness (QED) is 0.110. The summed E-state index contributed by atoms with van der Waals surface area (Å²) in [4.78, 5) is 26.1. The van der Waals surface area contributed by atoms with Crippen LogP contribution < -0.4 is 0 Å². The molecule has 0 unspecified atom stereocenters. The van der Waals surface area contributed by atoms with Gasteiger partial charge in [0.2, 0.25) is 0 Å². The third kappa shape index (κ3) is 6.73. The van der Waals surface area contributed by atoms with Crippen LogP contribution in [0.5, 0.6) is 0 Å². The first kappa shape index (κ1) is 30.4. The Bertz CT molecular complexity index is 1940. The monoisotopic (exact) mass is 615 g/mol. The summed E-state index contributed by atoms with van der Waals surface area (Å²) in [5.74, 6) is 2.50. The summed E-state index contributed by atoms with van der Waals surface area (Å²) in [6, 6.07) is 29.0. The van der Waals surface area contributed by atoms with Crippen molar-refractivity contribution in [3.8, 4) is 11.5 Å². The summed E-state index contributed by atoms with van der Waals surface area (Å²) < 4.78 is 20.5. The van der Waals surface area contributed by atoms with E-state index >= 15 is 0 Å². The van der Waals surface area contributed by atoms with Gasteiger partial charge >= 0.3 is 11.9 Å². The van der Waals surface area contributed by atoms with Gasteiger partial charge in [-0.2, -0.15) is 0 Å². The molecule has 6 rings (SSSR count). The molecule has 0 spiro atoms. The second-order valence-corrected chi connectivity index (χ2v) is 17.5. The molecule has 3 atom stereocenters. The highest BCUT2D eigenvalue weighted by atomic mass is 28.3. The molecule has 1 fully saturated rings. The molecule has 4 aromatic carbocycles. The van der Waals surface area contributed by atoms with Crippen LogP contribution in [0.1, 0.15) is 50.1 Å². The van der Waals surface area contributed by atoms with E-state index in [9.17, 15) is 9.59 Å². The highest BCUT2D eigenvalue weighted by Gasteiger charge is 2.41. The Balaban J connectivity index is 1.33. The summed E-state index contributed by atoms with van der Waals surface area (Å²) in [7, 11) is -1.54. The van der Waals surface area contributed by atoms with Gasteiger partial charge in [-0.25, -0.2) is 9.59 Å². The van der Waals surface area contributed by atoms with E-state index in [4.69, 9.17) is 14.2 Å². The van der Waals surface area contributed by atoms with E-state index in [0.29, 0.717) is 17.5 Å². The van der Waals surface area contributed by atoms with Crippen LogP contribution in [0, 0.1) is 25.3 Å². The predicted octanol–water partition coefficient (Wildman–Crippen LogP) is 8.01. The van der Waals surface area contributed by atoms with Gasteiger partial charge in [0.15, 0.2) is 0 Å². The lowest BCUT2D eigenvalue weighted by molar-refractivity contribution is -0.0552. The number of benzene rings is 4. The fourth-order valence-corrected chi connectivity index (χ4v) is 6.13. The van der Waals surface area contributed by atoms with Gasteiger partial charge in [0, 0.05) is 22.8 Å². The number of fused-ring (bicyclic) bond motifs is 3. The van der Waals surface area contributed by atoms with E-state index in [1.54, 1.807) is 24.3 Å². The summed E-state index contributed by atoms with van der Waals surface area (Å²) >= 11 is 0. The summed E-state index contributed by atoms with van der Waals surface area (Å²) in [6.45, 7) is 10.6. The molecule has 0 amide bonds. The lowest BCUT2D eigenvalue weighted by Gasteiger charge is -2.19. The van der Waals surface area contributed by atoms with E-state index in [1.165, 1.54) is 0 Å². The number of hydrogen-bond acceptors (Lipinski definition) is 5. The number of aryl methyl sites for hydroxylation is 2. The predicted molar refractivity (Wildman–Crippen MR) is 180 cm³/mol. The molecule has 0 saturated carbocycles. The molecule has 7 heteroatoms. The molecule has 228 valence electrons. The Morgan fingerprint density at radius 1 is 0.822 bits per heavy atom. The van der Waals surface area contributed by atoms with E-state index < -0.39 is 38.4 Å². The van der Waals surface area contributed by atoms with E-state index in [0.717, 1.165) is 38.5 Å². The first-order chi connectivity index (χ1) is 21.6. The normalized spacial score (nSPS) is 18.0. The third-order valence-electron chi connectivity index (χ3n) is 7.97. The van der Waals surface area contributed by atoms with Crippen molar-refractivity contribution in [3.63, 3.8) is 0 Å². The van der Waals surface area contributed by atoms with Gasteiger partial charge in [-0.1, -0.05) is 79.2 Å². The van der Waals surface area contributed by atoms with Crippen LogP contribution in [0.4, 0.5) is 0 Å². The number of ether oxygens (including phenoxy) is 3. The molecule has 1 aromatic heterocycles. The van der Waals surface area contributed by atoms with Crippen LogP contribution >= 0.6 is 0 Å². The van der Waals surface area contributed by atoms with Gasteiger partial charge in [-0.05, 0) is 62.4 Å². The highest BCUT2D eigenvalue weighted by Crippen LogP contribution is 2.39. The maximum Gasteiger partial charge on any atom is 0.338 e. The zero-order valence-corrected chi connectivity index (χ0v) is 27.3. The topological polar surface area (TPSA) is 66.8 Å².